The Morgan fingerprint density at radius 3 is 1.11 bits per heavy atom. The second-order valence-electron chi connectivity index (χ2n) is 25.6. The van der Waals surface area contributed by atoms with Crippen molar-refractivity contribution in [2.75, 3.05) is 13.2 Å². The van der Waals surface area contributed by atoms with Crippen LogP contribution in [-0.4, -0.2) is 36.0 Å². The lowest BCUT2D eigenvalue weighted by Gasteiger charge is -2.46. The summed E-state index contributed by atoms with van der Waals surface area (Å²) >= 11 is 8.89. The number of rotatable bonds is 22. The number of ether oxygens (including phenoxy) is 2. The minimum atomic E-state index is -0.861. The van der Waals surface area contributed by atoms with Gasteiger partial charge in [-0.1, -0.05) is 266 Å². The molecule has 4 aliphatic carbocycles. The largest absolute Gasteiger partial charge is 0.388 e. The number of allylic oxidation sites excluding steroid dienone is 6. The van der Waals surface area contributed by atoms with Gasteiger partial charge in [0.25, 0.3) is 0 Å². The highest BCUT2D eigenvalue weighted by Crippen LogP contribution is 2.60. The highest BCUT2D eigenvalue weighted by atomic mass is 33.3. The third kappa shape index (κ3) is 14.3. The molecule has 0 saturated heterocycles. The van der Waals surface area contributed by atoms with Crippen LogP contribution >= 0.6 is 0 Å². The second kappa shape index (κ2) is 31.6. The predicted octanol–water partition coefficient (Wildman–Crippen LogP) is 19.1. The zero-order valence-corrected chi connectivity index (χ0v) is 57.3. The van der Waals surface area contributed by atoms with Crippen LogP contribution in [0.2, 0.25) is 0 Å². The van der Waals surface area contributed by atoms with Gasteiger partial charge in [-0.05, 0) is 127 Å². The van der Waals surface area contributed by atoms with Crippen LogP contribution in [0, 0.1) is 39.4 Å². The highest BCUT2D eigenvalue weighted by Gasteiger charge is 2.54. The molecule has 8 unspecified atom stereocenters. The van der Waals surface area contributed by atoms with Gasteiger partial charge in [-0.2, -0.15) is 0 Å². The fourth-order valence-electron chi connectivity index (χ4n) is 14.9. The molecule has 1 N–H and O–H groups in total. The molecule has 2 fully saturated rings. The first-order valence-electron chi connectivity index (χ1n) is 31.5. The zero-order valence-electron chi connectivity index (χ0n) is 53.2. The molecule has 0 heterocycles. The van der Waals surface area contributed by atoms with Crippen LogP contribution in [0.1, 0.15) is 153 Å². The first-order chi connectivity index (χ1) is 42.8. The Bertz CT molecular complexity index is 3230. The van der Waals surface area contributed by atoms with Gasteiger partial charge in [-0.15, -0.1) is 13.2 Å². The van der Waals surface area contributed by atoms with Crippen molar-refractivity contribution in [2.45, 2.75) is 137 Å². The molecular formula is C80H94O5S5. The molecular weight excluding hydrogens is 1200 g/mol. The van der Waals surface area contributed by atoms with Crippen LogP contribution in [0.25, 0.3) is 0 Å². The summed E-state index contributed by atoms with van der Waals surface area (Å²) in [5, 5.41) is 12.0. The minimum Gasteiger partial charge on any atom is -0.388 e. The average Bonchev–Trinajstić information content (AvgIpc) is 1.56. The van der Waals surface area contributed by atoms with Gasteiger partial charge in [0.2, 0.25) is 0 Å². The maximum absolute atomic E-state index is 13.2. The summed E-state index contributed by atoms with van der Waals surface area (Å²) in [5.41, 5.74) is 9.57. The molecule has 6 aromatic rings. The lowest BCUT2D eigenvalue weighted by Crippen LogP contribution is -2.42. The molecule has 5 nitrogen and oxygen atoms in total. The van der Waals surface area contributed by atoms with Gasteiger partial charge >= 0.3 is 0 Å². The van der Waals surface area contributed by atoms with Crippen LogP contribution < -0.4 is 0 Å². The molecule has 10 rings (SSSR count). The second-order valence-corrected chi connectivity index (χ2v) is 30.9. The third-order valence-corrected chi connectivity index (χ3v) is 25.5. The van der Waals surface area contributed by atoms with Crippen molar-refractivity contribution in [3.05, 3.63) is 287 Å². The van der Waals surface area contributed by atoms with E-state index in [0.717, 1.165) is 95.0 Å². The summed E-state index contributed by atoms with van der Waals surface area (Å²) in [5.74, 6) is 1.52. The lowest BCUT2D eigenvalue weighted by atomic mass is 9.58. The number of carbonyl (C=O) groups is 2. The van der Waals surface area contributed by atoms with Crippen molar-refractivity contribution < 1.29 is 24.2 Å². The minimum absolute atomic E-state index is 0. The van der Waals surface area contributed by atoms with Crippen molar-refractivity contribution in [3.63, 3.8) is 0 Å². The smallest absolute Gasteiger partial charge is 0.159 e. The summed E-state index contributed by atoms with van der Waals surface area (Å²) in [6, 6.07) is 62.6. The lowest BCUT2D eigenvalue weighted by molar-refractivity contribution is -0.115. The van der Waals surface area contributed by atoms with Gasteiger partial charge in [-0.3, -0.25) is 9.59 Å². The van der Waals surface area contributed by atoms with Crippen molar-refractivity contribution in [3.8, 4) is 0 Å². The van der Waals surface area contributed by atoms with Crippen molar-refractivity contribution in [1.82, 2.24) is 0 Å². The van der Waals surface area contributed by atoms with E-state index in [4.69, 9.17) is 16.1 Å². The van der Waals surface area contributed by atoms with Crippen molar-refractivity contribution >= 4 is 60.6 Å². The van der Waals surface area contributed by atoms with E-state index in [0.29, 0.717) is 50.1 Å². The van der Waals surface area contributed by atoms with E-state index in [1.807, 2.05) is 67.6 Å². The standard InChI is InChI=1S/C40H46O2.C39H44O3.CH4.S5/c1-7-38(6,31(4)32(5)39-25-23-29(2)30(3)37(39)36(41)24-26-39)27-28-42-40(33-17-11-8-12-18-33,34-19-13-9-14-20-34)35-21-15-10-16-22-35;1-6-37(5,36(41)30(4)38-24-22-28(2)29(3)35(38)34(40)23-25-38)26-27-42-39(31-16-10-7-11-17-31,32-18-12-8-13-19-32)33-20-14-9-15-21-33;;1-3-5-4-2/h7-22,29,31H,1,5,23-28H2,2-4,6H3;6-21,28,36,41H,1,4,22-27H2,2-3,5H3;1H4;. The van der Waals surface area contributed by atoms with E-state index in [1.165, 1.54) is 43.4 Å². The number of hydrogen-bond acceptors (Lipinski definition) is 7. The molecule has 0 spiro atoms. The Balaban J connectivity index is 0.000000236. The Hall–Kier alpha value is -5.92. The summed E-state index contributed by atoms with van der Waals surface area (Å²) in [6.45, 7) is 33.9. The molecule has 474 valence electrons. The molecule has 0 aromatic heterocycles. The molecule has 0 aliphatic heterocycles. The van der Waals surface area contributed by atoms with Gasteiger partial charge in [-0.25, -0.2) is 0 Å². The highest BCUT2D eigenvalue weighted by molar-refractivity contribution is 8.59. The molecule has 2 saturated carbocycles. The zero-order chi connectivity index (χ0) is 64.0. The molecule has 4 aliphatic rings. The maximum atomic E-state index is 13.2. The summed E-state index contributed by atoms with van der Waals surface area (Å²) in [6.07, 6.45) is 11.1. The fourth-order valence-corrected chi connectivity index (χ4v) is 17.7. The molecule has 0 amide bonds. The third-order valence-electron chi connectivity index (χ3n) is 21.0. The molecule has 90 heavy (non-hydrogen) atoms. The summed E-state index contributed by atoms with van der Waals surface area (Å²) < 4.78 is 14.2. The molecule has 6 aromatic carbocycles. The van der Waals surface area contributed by atoms with E-state index in [2.05, 4.69) is 217 Å². The van der Waals surface area contributed by atoms with E-state index < -0.39 is 28.1 Å². The van der Waals surface area contributed by atoms with Crippen LogP contribution in [0.5, 0.6) is 0 Å². The number of aliphatic hydroxyl groups is 1. The topological polar surface area (TPSA) is 72.8 Å². The van der Waals surface area contributed by atoms with Crippen LogP contribution in [-0.2, 0) is 79.3 Å². The number of aliphatic hydroxyl groups excluding tert-OH is 1. The Kier molecular flexibility index (Phi) is 25.1. The summed E-state index contributed by atoms with van der Waals surface area (Å²) in [4.78, 5) is 26.2. The van der Waals surface area contributed by atoms with Crippen LogP contribution in [0.4, 0.5) is 0 Å². The Morgan fingerprint density at radius 1 is 0.544 bits per heavy atom. The number of carbonyl (C=O) groups excluding carboxylic acids is 2. The normalized spacial score (nSPS) is 21.6. The van der Waals surface area contributed by atoms with Gasteiger partial charge in [0.15, 0.2) is 11.6 Å². The first-order valence-corrected chi connectivity index (χ1v) is 36.8. The van der Waals surface area contributed by atoms with E-state index in [1.54, 1.807) is 0 Å². The van der Waals surface area contributed by atoms with Crippen LogP contribution in [0.15, 0.2) is 254 Å². The van der Waals surface area contributed by atoms with Crippen molar-refractivity contribution in [1.29, 1.82) is 0 Å². The number of hydrogen-bond donors (Lipinski definition) is 1. The quantitative estimate of drug-likeness (QED) is 0.0536. The first kappa shape index (κ1) is 71.5. The monoisotopic (exact) mass is 1290 g/mol. The van der Waals surface area contributed by atoms with Crippen LogP contribution in [0.3, 0.4) is 0 Å². The van der Waals surface area contributed by atoms with Gasteiger partial charge < -0.3 is 14.6 Å². The number of fused-ring (bicyclic) bond motifs is 2. The molecule has 8 atom stereocenters. The van der Waals surface area contributed by atoms with E-state index in [9.17, 15) is 14.7 Å². The predicted molar refractivity (Wildman–Crippen MR) is 389 cm³/mol. The fraction of sp³-hybridized carbons (Fsp3) is 0.375. The summed E-state index contributed by atoms with van der Waals surface area (Å²) in [7, 11) is 3.95. The van der Waals surface area contributed by atoms with Gasteiger partial charge in [0.05, 0.1) is 6.10 Å². The SMILES string of the molecule is C.C=CC(C)(CCOC(c1ccccc1)(c1ccccc1)c1ccccc1)C(C)C(=C)C12CCC(=O)C1=C(C)C(C)CC2.C=CC(C)(CCOC(c1ccccc1)(c1ccccc1)c1ccccc1)C(O)C(=C)C12CCC(=O)C1=C(C)C(C)CC2.S=S=S=S=S. The molecule has 0 radical (unpaired) electrons. The van der Waals surface area contributed by atoms with E-state index in [-0.39, 0.29) is 30.0 Å². The molecule has 0 bridgehead atoms. The number of ketones is 2. The maximum Gasteiger partial charge on any atom is 0.159 e. The Morgan fingerprint density at radius 2 is 0.833 bits per heavy atom. The molecule has 10 heteroatoms. The number of benzene rings is 6. The van der Waals surface area contributed by atoms with Gasteiger partial charge in [0, 0.05) is 102 Å². The number of Topliss-reactive ketones (excluding diaryl/α,β-unsaturated/α-hetero) is 2. The van der Waals surface area contributed by atoms with Gasteiger partial charge in [0.1, 0.15) is 11.2 Å². The average molecular weight is 1300 g/mol. The Labute approximate surface area is 557 Å². The van der Waals surface area contributed by atoms with E-state index >= 15 is 0 Å². The van der Waals surface area contributed by atoms with Crippen molar-refractivity contribution in [2.24, 2.45) is 39.4 Å².